The summed E-state index contributed by atoms with van der Waals surface area (Å²) in [6, 6.07) is 3.21. The summed E-state index contributed by atoms with van der Waals surface area (Å²) >= 11 is 1.50. The fourth-order valence-electron chi connectivity index (χ4n) is 2.50. The molecule has 1 saturated heterocycles. The smallest absolute Gasteiger partial charge is 0.244 e. The Bertz CT molecular complexity index is 465. The van der Waals surface area contributed by atoms with Gasteiger partial charge in [-0.05, 0) is 24.3 Å². The Morgan fingerprint density at radius 2 is 2.05 bits per heavy atom. The van der Waals surface area contributed by atoms with Crippen LogP contribution in [0, 0.1) is 5.92 Å². The van der Waals surface area contributed by atoms with Crippen LogP contribution in [0.2, 0.25) is 0 Å². The van der Waals surface area contributed by atoms with Crippen molar-refractivity contribution in [2.45, 2.75) is 18.9 Å². The molecule has 1 atom stereocenters. The Balaban J connectivity index is 1.90. The van der Waals surface area contributed by atoms with Crippen LogP contribution in [0.25, 0.3) is 0 Å². The van der Waals surface area contributed by atoms with Crippen molar-refractivity contribution in [1.82, 2.24) is 9.80 Å². The molecule has 2 N–H and O–H groups in total. The van der Waals surface area contributed by atoms with Crippen molar-refractivity contribution in [2.24, 2.45) is 11.7 Å². The van der Waals surface area contributed by atoms with E-state index < -0.39 is 6.04 Å². The highest BCUT2D eigenvalue weighted by Crippen LogP contribution is 2.23. The van der Waals surface area contributed by atoms with Crippen molar-refractivity contribution in [3.05, 3.63) is 22.4 Å². The highest BCUT2D eigenvalue weighted by molar-refractivity contribution is 7.10. The molecule has 2 heterocycles. The molecule has 20 heavy (non-hydrogen) atoms. The molecule has 0 aliphatic carbocycles. The summed E-state index contributed by atoms with van der Waals surface area (Å²) in [5.41, 5.74) is 6.00. The minimum absolute atomic E-state index is 0.0343. The Kier molecular flexibility index (Phi) is 4.77. The van der Waals surface area contributed by atoms with E-state index in [-0.39, 0.29) is 17.7 Å². The third kappa shape index (κ3) is 3.19. The number of carbonyl (C=O) groups excluding carboxylic acids is 2. The lowest BCUT2D eigenvalue weighted by atomic mass is 9.95. The zero-order chi connectivity index (χ0) is 14.7. The summed E-state index contributed by atoms with van der Waals surface area (Å²) in [6.07, 6.45) is 1.44. The molecular weight excluding hydrogens is 274 g/mol. The zero-order valence-corrected chi connectivity index (χ0v) is 12.7. The van der Waals surface area contributed by atoms with E-state index in [9.17, 15) is 9.59 Å². The van der Waals surface area contributed by atoms with E-state index in [2.05, 4.69) is 0 Å². The van der Waals surface area contributed by atoms with Crippen molar-refractivity contribution in [3.8, 4) is 0 Å². The van der Waals surface area contributed by atoms with Gasteiger partial charge in [0.1, 0.15) is 6.04 Å². The Labute approximate surface area is 123 Å². The monoisotopic (exact) mass is 295 g/mol. The molecule has 5 nitrogen and oxygen atoms in total. The molecule has 0 saturated carbocycles. The quantitative estimate of drug-likeness (QED) is 0.907. The van der Waals surface area contributed by atoms with Gasteiger partial charge < -0.3 is 15.5 Å². The Morgan fingerprint density at radius 1 is 1.40 bits per heavy atom. The van der Waals surface area contributed by atoms with E-state index in [1.807, 2.05) is 17.5 Å². The molecule has 110 valence electrons. The van der Waals surface area contributed by atoms with Crippen LogP contribution in [0.3, 0.4) is 0 Å². The molecule has 2 amide bonds. The van der Waals surface area contributed by atoms with Gasteiger partial charge in [-0.15, -0.1) is 11.3 Å². The number of rotatable bonds is 3. The predicted molar refractivity (Wildman–Crippen MR) is 79.2 cm³/mol. The number of hydrogen-bond donors (Lipinski definition) is 1. The zero-order valence-electron chi connectivity index (χ0n) is 11.9. The minimum atomic E-state index is -0.573. The molecule has 1 fully saturated rings. The van der Waals surface area contributed by atoms with Crippen molar-refractivity contribution in [2.75, 3.05) is 27.2 Å². The second-order valence-corrected chi connectivity index (χ2v) is 6.30. The normalized spacial score (nSPS) is 17.9. The molecule has 6 heteroatoms. The molecule has 1 aromatic rings. The first-order chi connectivity index (χ1) is 9.50. The predicted octanol–water partition coefficient (Wildman–Crippen LogP) is 1.07. The number of nitrogens with zero attached hydrogens (tertiary/aromatic N) is 2. The van der Waals surface area contributed by atoms with Gasteiger partial charge in [0.05, 0.1) is 0 Å². The average Bonchev–Trinajstić information content (AvgIpc) is 2.99. The molecule has 0 radical (unpaired) electrons. The van der Waals surface area contributed by atoms with Gasteiger partial charge in [-0.3, -0.25) is 9.59 Å². The van der Waals surface area contributed by atoms with Crippen LogP contribution in [0.4, 0.5) is 0 Å². The number of thiophene rings is 1. The molecule has 0 aromatic carbocycles. The van der Waals surface area contributed by atoms with Crippen molar-refractivity contribution in [1.29, 1.82) is 0 Å². The number of likely N-dealkylation sites (tertiary alicyclic amines) is 1. The average molecular weight is 295 g/mol. The van der Waals surface area contributed by atoms with Crippen molar-refractivity contribution >= 4 is 23.2 Å². The molecule has 1 aromatic heterocycles. The fourth-order valence-corrected chi connectivity index (χ4v) is 3.22. The van der Waals surface area contributed by atoms with Gasteiger partial charge in [0.15, 0.2) is 0 Å². The Hall–Kier alpha value is -1.40. The van der Waals surface area contributed by atoms with Crippen molar-refractivity contribution in [3.63, 3.8) is 0 Å². The maximum Gasteiger partial charge on any atom is 0.244 e. The topological polar surface area (TPSA) is 66.6 Å². The first kappa shape index (κ1) is 15.0. The molecule has 0 spiro atoms. The van der Waals surface area contributed by atoms with Gasteiger partial charge in [-0.2, -0.15) is 0 Å². The SMILES string of the molecule is CN(C)C(=O)C1CCN(C(=O)C(N)c2cccs2)CC1. The van der Waals surface area contributed by atoms with Crippen LogP contribution in [0.15, 0.2) is 17.5 Å². The van der Waals surface area contributed by atoms with Gasteiger partial charge in [0.2, 0.25) is 11.8 Å². The van der Waals surface area contributed by atoms with Crippen LogP contribution < -0.4 is 5.73 Å². The third-order valence-corrected chi connectivity index (χ3v) is 4.67. The van der Waals surface area contributed by atoms with E-state index in [0.717, 1.165) is 17.7 Å². The van der Waals surface area contributed by atoms with E-state index >= 15 is 0 Å². The number of nitrogens with two attached hydrogens (primary N) is 1. The second-order valence-electron chi connectivity index (χ2n) is 5.33. The van der Waals surface area contributed by atoms with Gasteiger partial charge in [-0.1, -0.05) is 6.07 Å². The lowest BCUT2D eigenvalue weighted by molar-refractivity contribution is -0.139. The van der Waals surface area contributed by atoms with E-state index in [1.165, 1.54) is 11.3 Å². The van der Waals surface area contributed by atoms with Gasteiger partial charge in [0.25, 0.3) is 0 Å². The van der Waals surface area contributed by atoms with Crippen LogP contribution >= 0.6 is 11.3 Å². The third-order valence-electron chi connectivity index (χ3n) is 3.71. The van der Waals surface area contributed by atoms with E-state index in [1.54, 1.807) is 23.9 Å². The van der Waals surface area contributed by atoms with Crippen LogP contribution in [-0.4, -0.2) is 48.8 Å². The van der Waals surface area contributed by atoms with E-state index in [4.69, 9.17) is 5.73 Å². The summed E-state index contributed by atoms with van der Waals surface area (Å²) in [5, 5.41) is 1.92. The van der Waals surface area contributed by atoms with Crippen LogP contribution in [0.5, 0.6) is 0 Å². The summed E-state index contributed by atoms with van der Waals surface area (Å²) in [7, 11) is 3.54. The molecule has 1 unspecified atom stereocenters. The summed E-state index contributed by atoms with van der Waals surface area (Å²) in [4.78, 5) is 28.5. The van der Waals surface area contributed by atoms with Gasteiger partial charge in [0, 0.05) is 38.0 Å². The summed E-state index contributed by atoms with van der Waals surface area (Å²) in [6.45, 7) is 1.23. The molecule has 1 aliphatic heterocycles. The van der Waals surface area contributed by atoms with Crippen LogP contribution in [-0.2, 0) is 9.59 Å². The number of piperidine rings is 1. The maximum absolute atomic E-state index is 12.3. The first-order valence-electron chi connectivity index (χ1n) is 6.79. The summed E-state index contributed by atoms with van der Waals surface area (Å²) < 4.78 is 0. The summed E-state index contributed by atoms with van der Waals surface area (Å²) in [5.74, 6) is 0.148. The van der Waals surface area contributed by atoms with Crippen molar-refractivity contribution < 1.29 is 9.59 Å². The maximum atomic E-state index is 12.3. The van der Waals surface area contributed by atoms with E-state index in [0.29, 0.717) is 13.1 Å². The molecular formula is C14H21N3O2S. The second kappa shape index (κ2) is 6.37. The molecule has 0 bridgehead atoms. The highest BCUT2D eigenvalue weighted by Gasteiger charge is 2.30. The standard InChI is InChI=1S/C14H21N3O2S/c1-16(2)13(18)10-5-7-17(8-6-10)14(19)12(15)11-4-3-9-20-11/h3-4,9-10,12H,5-8,15H2,1-2H3. The molecule has 1 aliphatic rings. The largest absolute Gasteiger partial charge is 0.349 e. The highest BCUT2D eigenvalue weighted by atomic mass is 32.1. The number of carbonyl (C=O) groups is 2. The lowest BCUT2D eigenvalue weighted by Gasteiger charge is -2.33. The number of hydrogen-bond acceptors (Lipinski definition) is 4. The lowest BCUT2D eigenvalue weighted by Crippen LogP contribution is -2.45. The van der Waals surface area contributed by atoms with Crippen LogP contribution in [0.1, 0.15) is 23.8 Å². The molecule has 2 rings (SSSR count). The fraction of sp³-hybridized carbons (Fsp3) is 0.571. The minimum Gasteiger partial charge on any atom is -0.349 e. The first-order valence-corrected chi connectivity index (χ1v) is 7.67. The van der Waals surface area contributed by atoms with Gasteiger partial charge >= 0.3 is 0 Å². The van der Waals surface area contributed by atoms with Gasteiger partial charge in [-0.25, -0.2) is 0 Å². The Morgan fingerprint density at radius 3 is 2.55 bits per heavy atom. The number of amides is 2.